The average Bonchev–Trinajstić information content (AvgIpc) is 3.58. The maximum absolute atomic E-state index is 13.9. The highest BCUT2D eigenvalue weighted by atomic mass is 32.2. The van der Waals surface area contributed by atoms with E-state index in [9.17, 15) is 24.0 Å². The van der Waals surface area contributed by atoms with Crippen molar-refractivity contribution < 1.29 is 38.3 Å². The number of rotatable bonds is 14. The monoisotopic (exact) mass is 729 g/mol. The van der Waals surface area contributed by atoms with Gasteiger partial charge in [-0.3, -0.25) is 19.3 Å². The minimum atomic E-state index is -1.03. The number of fused-ring (bicyclic) bond motifs is 1. The highest BCUT2D eigenvalue weighted by Crippen LogP contribution is 2.42. The number of anilines is 1. The van der Waals surface area contributed by atoms with Gasteiger partial charge in [0.25, 0.3) is 11.8 Å². The van der Waals surface area contributed by atoms with Crippen molar-refractivity contribution in [2.45, 2.75) is 43.9 Å². The van der Waals surface area contributed by atoms with Gasteiger partial charge in [-0.15, -0.1) is 23.1 Å². The van der Waals surface area contributed by atoms with Crippen LogP contribution < -0.4 is 10.6 Å². The fourth-order valence-electron chi connectivity index (χ4n) is 5.07. The quantitative estimate of drug-likeness (QED) is 0.0459. The Bertz CT molecular complexity index is 1850. The van der Waals surface area contributed by atoms with E-state index in [1.807, 2.05) is 60.7 Å². The van der Waals surface area contributed by atoms with Crippen molar-refractivity contribution in [2.24, 2.45) is 5.16 Å². The molecule has 0 saturated carbocycles. The summed E-state index contributed by atoms with van der Waals surface area (Å²) in [7, 11) is 0. The molecule has 3 amide bonds. The zero-order chi connectivity index (χ0) is 36.5. The Morgan fingerprint density at radius 2 is 1.76 bits per heavy atom. The van der Waals surface area contributed by atoms with E-state index in [1.54, 1.807) is 20.8 Å². The van der Waals surface area contributed by atoms with Crippen molar-refractivity contribution in [3.8, 4) is 0 Å². The number of esters is 2. The normalized spacial score (nSPS) is 17.4. The van der Waals surface area contributed by atoms with Crippen LogP contribution in [0.2, 0.25) is 0 Å². The summed E-state index contributed by atoms with van der Waals surface area (Å²) in [6.07, 6.45) is 3.75. The molecule has 264 valence electrons. The summed E-state index contributed by atoms with van der Waals surface area (Å²) in [4.78, 5) is 74.9. The summed E-state index contributed by atoms with van der Waals surface area (Å²) >= 11 is 2.39. The van der Waals surface area contributed by atoms with Crippen molar-refractivity contribution in [1.82, 2.24) is 15.2 Å². The van der Waals surface area contributed by atoms with E-state index >= 15 is 0 Å². The first-order valence-corrected chi connectivity index (χ1v) is 17.6. The van der Waals surface area contributed by atoms with Crippen LogP contribution in [0.5, 0.6) is 0 Å². The van der Waals surface area contributed by atoms with Crippen LogP contribution in [0, 0.1) is 0 Å². The summed E-state index contributed by atoms with van der Waals surface area (Å²) in [6, 6.07) is 17.5. The van der Waals surface area contributed by atoms with Crippen LogP contribution in [0.3, 0.4) is 0 Å². The maximum atomic E-state index is 13.9. The highest BCUT2D eigenvalue weighted by molar-refractivity contribution is 8.00. The largest absolute Gasteiger partial charge is 0.457 e. The molecule has 2 aromatic carbocycles. The molecule has 2 aliphatic rings. The van der Waals surface area contributed by atoms with Gasteiger partial charge < -0.3 is 24.9 Å². The van der Waals surface area contributed by atoms with E-state index in [0.717, 1.165) is 22.5 Å². The molecule has 0 spiro atoms. The van der Waals surface area contributed by atoms with Crippen LogP contribution in [0.25, 0.3) is 0 Å². The van der Waals surface area contributed by atoms with Gasteiger partial charge >= 0.3 is 11.9 Å². The third kappa shape index (κ3) is 8.98. The number of thiazole rings is 1. The smallest absolute Gasteiger partial charge is 0.356 e. The van der Waals surface area contributed by atoms with Crippen molar-refractivity contribution in [3.05, 3.63) is 119 Å². The van der Waals surface area contributed by atoms with Crippen LogP contribution >= 0.6 is 23.1 Å². The SMILES string of the molecule is C=CC1=C(C(=O)OC(c2ccccc2)c2ccccc2)N2C(=O)C(NC(=O)/C(=N\OC/C=C/C(=O)OC(C)(C)C)c3csc(NC=O)n3)[C@H]2SC1. The van der Waals surface area contributed by atoms with Gasteiger partial charge in [-0.05, 0) is 43.5 Å². The second kappa shape index (κ2) is 16.4. The molecular formula is C36H35N5O8S2. The van der Waals surface area contributed by atoms with E-state index in [-0.39, 0.29) is 28.8 Å². The van der Waals surface area contributed by atoms with E-state index in [2.05, 4.69) is 27.4 Å². The molecule has 5 rings (SSSR count). The average molecular weight is 730 g/mol. The van der Waals surface area contributed by atoms with Gasteiger partial charge in [0.2, 0.25) is 6.41 Å². The Hall–Kier alpha value is -5.54. The second-order valence-corrected chi connectivity index (χ2v) is 14.0. The Morgan fingerprint density at radius 3 is 2.37 bits per heavy atom. The molecule has 1 fully saturated rings. The third-order valence-electron chi connectivity index (χ3n) is 7.29. The lowest BCUT2D eigenvalue weighted by Gasteiger charge is -2.49. The van der Waals surface area contributed by atoms with Crippen molar-refractivity contribution >= 4 is 64.1 Å². The van der Waals surface area contributed by atoms with Gasteiger partial charge in [0.05, 0.1) is 0 Å². The van der Waals surface area contributed by atoms with Crippen molar-refractivity contribution in [2.75, 3.05) is 17.7 Å². The number of nitrogens with zero attached hydrogens (tertiary/aromatic N) is 3. The predicted octanol–water partition coefficient (Wildman–Crippen LogP) is 4.50. The molecule has 1 saturated heterocycles. The predicted molar refractivity (Wildman–Crippen MR) is 192 cm³/mol. The fourth-order valence-corrected chi connectivity index (χ4v) is 7.07. The molecular weight excluding hydrogens is 695 g/mol. The van der Waals surface area contributed by atoms with Crippen molar-refractivity contribution in [1.29, 1.82) is 0 Å². The van der Waals surface area contributed by atoms with E-state index in [4.69, 9.17) is 14.3 Å². The maximum Gasteiger partial charge on any atom is 0.356 e. The number of oxime groups is 1. The van der Waals surface area contributed by atoms with Gasteiger partial charge in [-0.2, -0.15) is 0 Å². The standard InChI is InChI=1S/C36H35N5O8S2/c1-5-22-19-50-33-28(32(45)41(33)29(22)34(46)48-30(23-13-8-6-9-14-23)24-15-10-7-11-16-24)39-31(44)27(25-20-51-35(38-25)37-21-42)40-47-18-12-17-26(43)49-36(2,3)4/h5-17,20-21,28,30,33H,1,18-19H2,2-4H3,(H,39,44)(H,37,38,42)/b17-12+,40-27-/t28?,33-/m1/s1. The van der Waals surface area contributed by atoms with Crippen LogP contribution in [-0.2, 0) is 38.3 Å². The minimum absolute atomic E-state index is 0.0548. The first-order chi connectivity index (χ1) is 24.5. The first-order valence-electron chi connectivity index (χ1n) is 15.7. The molecule has 51 heavy (non-hydrogen) atoms. The number of hydrogen-bond acceptors (Lipinski definition) is 12. The summed E-state index contributed by atoms with van der Waals surface area (Å²) in [6.45, 7) is 8.86. The molecule has 1 unspecified atom stereocenters. The van der Waals surface area contributed by atoms with E-state index in [1.165, 1.54) is 40.3 Å². The Balaban J connectivity index is 1.32. The summed E-state index contributed by atoms with van der Waals surface area (Å²) < 4.78 is 11.3. The number of thioether (sulfide) groups is 1. The van der Waals surface area contributed by atoms with E-state index in [0.29, 0.717) is 17.7 Å². The van der Waals surface area contributed by atoms with Crippen LogP contribution in [0.1, 0.15) is 43.7 Å². The highest BCUT2D eigenvalue weighted by Gasteiger charge is 2.54. The number of β-lactam (4-membered cyclic amide) rings is 1. The summed E-state index contributed by atoms with van der Waals surface area (Å²) in [5.41, 5.74) is 1.20. The van der Waals surface area contributed by atoms with Gasteiger partial charge in [-0.25, -0.2) is 14.6 Å². The van der Waals surface area contributed by atoms with Gasteiger partial charge in [-0.1, -0.05) is 78.5 Å². The number of nitrogens with one attached hydrogen (secondary N) is 2. The topological polar surface area (TPSA) is 166 Å². The zero-order valence-electron chi connectivity index (χ0n) is 27.9. The fraction of sp³-hybridized carbons (Fsp3) is 0.250. The Morgan fingerprint density at radius 1 is 1.10 bits per heavy atom. The third-order valence-corrected chi connectivity index (χ3v) is 9.36. The molecule has 2 aliphatic heterocycles. The molecule has 3 heterocycles. The molecule has 0 bridgehead atoms. The first kappa shape index (κ1) is 36.7. The number of aromatic nitrogens is 1. The number of carbonyl (C=O) groups is 5. The molecule has 2 N–H and O–H groups in total. The molecule has 13 nitrogen and oxygen atoms in total. The lowest BCUT2D eigenvalue weighted by atomic mass is 10.0. The minimum Gasteiger partial charge on any atom is -0.457 e. The summed E-state index contributed by atoms with van der Waals surface area (Å²) in [5, 5.41) is 10.1. The number of allylic oxidation sites excluding steroid dienone is 1. The van der Waals surface area contributed by atoms with Crippen LogP contribution in [0.4, 0.5) is 5.13 Å². The van der Waals surface area contributed by atoms with Crippen LogP contribution in [0.15, 0.2) is 107 Å². The lowest BCUT2D eigenvalue weighted by molar-refractivity contribution is -0.154. The van der Waals surface area contributed by atoms with Gasteiger partial charge in [0.15, 0.2) is 16.9 Å². The molecule has 3 aromatic rings. The molecule has 2 atom stereocenters. The lowest BCUT2D eigenvalue weighted by Crippen LogP contribution is -2.71. The molecule has 1 aromatic heterocycles. The number of hydrogen-bond donors (Lipinski definition) is 2. The van der Waals surface area contributed by atoms with Crippen molar-refractivity contribution in [3.63, 3.8) is 0 Å². The molecule has 15 heteroatoms. The molecule has 0 aliphatic carbocycles. The number of amides is 3. The second-order valence-electron chi connectivity index (χ2n) is 12.0. The van der Waals surface area contributed by atoms with Gasteiger partial charge in [0, 0.05) is 17.2 Å². The number of benzene rings is 2. The van der Waals surface area contributed by atoms with Crippen LogP contribution in [-0.4, -0.2) is 75.1 Å². The zero-order valence-corrected chi connectivity index (χ0v) is 29.6. The summed E-state index contributed by atoms with van der Waals surface area (Å²) in [5.74, 6) is -2.29. The number of carbonyl (C=O) groups excluding carboxylic acids is 5. The van der Waals surface area contributed by atoms with E-state index < -0.39 is 46.9 Å². The number of ether oxygens (including phenoxy) is 2. The Kier molecular flexibility index (Phi) is 11.8. The Labute approximate surface area is 302 Å². The molecule has 0 radical (unpaired) electrons. The van der Waals surface area contributed by atoms with Gasteiger partial charge in [0.1, 0.15) is 35.0 Å².